The summed E-state index contributed by atoms with van der Waals surface area (Å²) in [5, 5.41) is 0. The van der Waals surface area contributed by atoms with E-state index in [-0.39, 0.29) is 24.4 Å². The van der Waals surface area contributed by atoms with Gasteiger partial charge in [0.05, 0.1) is 13.0 Å². The van der Waals surface area contributed by atoms with Gasteiger partial charge in [-0.05, 0) is 38.2 Å². The summed E-state index contributed by atoms with van der Waals surface area (Å²) in [6.45, 7) is 5.36. The predicted molar refractivity (Wildman–Crippen MR) is 97.6 cm³/mol. The lowest BCUT2D eigenvalue weighted by atomic mass is 10.1. The van der Waals surface area contributed by atoms with E-state index in [4.69, 9.17) is 9.47 Å². The molecule has 0 spiro atoms. The second-order valence-corrected chi connectivity index (χ2v) is 6.35. The first kappa shape index (κ1) is 21.0. The van der Waals surface area contributed by atoms with Gasteiger partial charge in [-0.2, -0.15) is 0 Å². The minimum absolute atomic E-state index is 0.0488. The molecule has 0 aliphatic heterocycles. The van der Waals surface area contributed by atoms with E-state index < -0.39 is 0 Å². The minimum atomic E-state index is -0.375. The van der Waals surface area contributed by atoms with Crippen molar-refractivity contribution in [3.05, 3.63) is 29.8 Å². The number of esters is 1. The van der Waals surface area contributed by atoms with Gasteiger partial charge < -0.3 is 19.3 Å². The molecular formula is C19H30N2O4. The lowest BCUT2D eigenvalue weighted by molar-refractivity contribution is -0.146. The van der Waals surface area contributed by atoms with Crippen molar-refractivity contribution < 1.29 is 19.1 Å². The summed E-state index contributed by atoms with van der Waals surface area (Å²) in [6, 6.07) is 7.71. The van der Waals surface area contributed by atoms with Crippen molar-refractivity contribution in [1.82, 2.24) is 9.80 Å². The molecule has 0 saturated carbocycles. The summed E-state index contributed by atoms with van der Waals surface area (Å²) in [5.74, 6) is -0.171. The summed E-state index contributed by atoms with van der Waals surface area (Å²) in [5.41, 5.74) is 1.22. The monoisotopic (exact) mass is 350 g/mol. The van der Waals surface area contributed by atoms with Crippen LogP contribution in [0.15, 0.2) is 24.3 Å². The molecule has 0 aliphatic rings. The molecule has 0 aromatic heterocycles. The Hall–Kier alpha value is -2.08. The molecule has 1 atom stereocenters. The number of ether oxygens (including phenoxy) is 2. The Morgan fingerprint density at radius 3 is 2.28 bits per heavy atom. The van der Waals surface area contributed by atoms with E-state index in [1.165, 1.54) is 12.7 Å². The van der Waals surface area contributed by atoms with Gasteiger partial charge >= 0.3 is 5.97 Å². The molecule has 1 rings (SSSR count). The van der Waals surface area contributed by atoms with E-state index in [1.807, 2.05) is 43.3 Å². The molecule has 25 heavy (non-hydrogen) atoms. The quantitative estimate of drug-likeness (QED) is 0.603. The SMILES string of the molecule is CCc1ccc(OCC(=O)N(CCN(C)C)CC(C)C(=O)OC)cc1. The summed E-state index contributed by atoms with van der Waals surface area (Å²) in [6.07, 6.45) is 0.961. The molecule has 1 aromatic rings. The Labute approximate surface area is 150 Å². The number of hydrogen-bond donors (Lipinski definition) is 0. The van der Waals surface area contributed by atoms with E-state index in [0.717, 1.165) is 6.42 Å². The number of carbonyl (C=O) groups is 2. The Kier molecular flexibility index (Phi) is 8.99. The lowest BCUT2D eigenvalue weighted by Gasteiger charge is -2.26. The van der Waals surface area contributed by atoms with Crippen LogP contribution < -0.4 is 4.74 Å². The zero-order valence-electron chi connectivity index (χ0n) is 15.9. The van der Waals surface area contributed by atoms with Gasteiger partial charge in [-0.25, -0.2) is 0 Å². The van der Waals surface area contributed by atoms with E-state index in [2.05, 4.69) is 6.92 Å². The molecule has 1 amide bonds. The molecule has 6 nitrogen and oxygen atoms in total. The summed E-state index contributed by atoms with van der Waals surface area (Å²) in [7, 11) is 5.24. The normalized spacial score (nSPS) is 11.9. The standard InChI is InChI=1S/C19H30N2O4/c1-6-16-7-9-17(10-8-16)25-14-18(22)21(12-11-20(3)4)13-15(2)19(23)24-5/h7-10,15H,6,11-14H2,1-5H3. The van der Waals surface area contributed by atoms with Crippen molar-refractivity contribution in [3.63, 3.8) is 0 Å². The maximum Gasteiger partial charge on any atom is 0.310 e. The molecule has 0 aliphatic carbocycles. The number of likely N-dealkylation sites (N-methyl/N-ethyl adjacent to an activating group) is 1. The van der Waals surface area contributed by atoms with Gasteiger partial charge in [0.1, 0.15) is 5.75 Å². The fraction of sp³-hybridized carbons (Fsp3) is 0.579. The van der Waals surface area contributed by atoms with Crippen LogP contribution in [0.25, 0.3) is 0 Å². The zero-order valence-corrected chi connectivity index (χ0v) is 15.9. The Bertz CT molecular complexity index is 543. The largest absolute Gasteiger partial charge is 0.484 e. The molecule has 1 unspecified atom stereocenters. The van der Waals surface area contributed by atoms with Crippen LogP contribution >= 0.6 is 0 Å². The third-order valence-electron chi connectivity index (χ3n) is 3.96. The number of rotatable bonds is 10. The summed E-state index contributed by atoms with van der Waals surface area (Å²) in [4.78, 5) is 27.8. The Morgan fingerprint density at radius 2 is 1.76 bits per heavy atom. The highest BCUT2D eigenvalue weighted by molar-refractivity contribution is 5.79. The molecule has 1 aromatic carbocycles. The fourth-order valence-corrected chi connectivity index (χ4v) is 2.30. The highest BCUT2D eigenvalue weighted by Gasteiger charge is 2.22. The number of methoxy groups -OCH3 is 1. The zero-order chi connectivity index (χ0) is 18.8. The van der Waals surface area contributed by atoms with Crippen LogP contribution in [0, 0.1) is 5.92 Å². The first-order valence-electron chi connectivity index (χ1n) is 8.59. The van der Waals surface area contributed by atoms with Crippen LogP contribution in [0.1, 0.15) is 19.4 Å². The first-order chi connectivity index (χ1) is 11.9. The van der Waals surface area contributed by atoms with Gasteiger partial charge in [0.15, 0.2) is 6.61 Å². The van der Waals surface area contributed by atoms with Crippen LogP contribution in [0.4, 0.5) is 0 Å². The highest BCUT2D eigenvalue weighted by Crippen LogP contribution is 2.13. The number of amides is 1. The van der Waals surface area contributed by atoms with E-state index in [1.54, 1.807) is 11.8 Å². The second-order valence-electron chi connectivity index (χ2n) is 6.35. The van der Waals surface area contributed by atoms with Crippen molar-refractivity contribution >= 4 is 11.9 Å². The average Bonchev–Trinajstić information content (AvgIpc) is 2.62. The highest BCUT2D eigenvalue weighted by atomic mass is 16.5. The number of benzene rings is 1. The topological polar surface area (TPSA) is 59.1 Å². The Balaban J connectivity index is 2.64. The van der Waals surface area contributed by atoms with E-state index >= 15 is 0 Å². The molecule has 0 fully saturated rings. The number of aryl methyl sites for hydroxylation is 1. The van der Waals surface area contributed by atoms with Crippen molar-refractivity contribution in [2.24, 2.45) is 5.92 Å². The van der Waals surface area contributed by atoms with Gasteiger partial charge in [-0.15, -0.1) is 0 Å². The molecule has 0 heterocycles. The van der Waals surface area contributed by atoms with E-state index in [9.17, 15) is 9.59 Å². The fourth-order valence-electron chi connectivity index (χ4n) is 2.30. The smallest absolute Gasteiger partial charge is 0.310 e. The van der Waals surface area contributed by atoms with Crippen LogP contribution in [0.2, 0.25) is 0 Å². The van der Waals surface area contributed by atoms with Gasteiger partial charge in [-0.3, -0.25) is 9.59 Å². The van der Waals surface area contributed by atoms with Gasteiger partial charge in [0.2, 0.25) is 0 Å². The third kappa shape index (κ3) is 7.56. The van der Waals surface area contributed by atoms with E-state index in [0.29, 0.717) is 25.4 Å². The summed E-state index contributed by atoms with van der Waals surface area (Å²) < 4.78 is 10.4. The van der Waals surface area contributed by atoms with Crippen LogP contribution in [-0.4, -0.2) is 69.1 Å². The van der Waals surface area contributed by atoms with Crippen LogP contribution in [0.3, 0.4) is 0 Å². The molecule has 6 heteroatoms. The maximum atomic E-state index is 12.5. The van der Waals surface area contributed by atoms with Crippen LogP contribution in [0.5, 0.6) is 5.75 Å². The summed E-state index contributed by atoms with van der Waals surface area (Å²) >= 11 is 0. The molecule has 0 saturated heterocycles. The van der Waals surface area contributed by atoms with Crippen molar-refractivity contribution in [2.75, 3.05) is 47.4 Å². The lowest BCUT2D eigenvalue weighted by Crippen LogP contribution is -2.43. The molecule has 0 radical (unpaired) electrons. The molecular weight excluding hydrogens is 320 g/mol. The molecule has 0 bridgehead atoms. The number of nitrogens with zero attached hydrogens (tertiary/aromatic N) is 2. The van der Waals surface area contributed by atoms with Gasteiger partial charge in [0.25, 0.3) is 5.91 Å². The minimum Gasteiger partial charge on any atom is -0.484 e. The Morgan fingerprint density at radius 1 is 1.12 bits per heavy atom. The van der Waals surface area contributed by atoms with Crippen molar-refractivity contribution in [1.29, 1.82) is 0 Å². The first-order valence-corrected chi connectivity index (χ1v) is 8.59. The number of carbonyl (C=O) groups excluding carboxylic acids is 2. The molecule has 140 valence electrons. The van der Waals surface area contributed by atoms with Crippen molar-refractivity contribution in [2.45, 2.75) is 20.3 Å². The van der Waals surface area contributed by atoms with Crippen molar-refractivity contribution in [3.8, 4) is 5.75 Å². The van der Waals surface area contributed by atoms with Gasteiger partial charge in [0, 0.05) is 19.6 Å². The predicted octanol–water partition coefficient (Wildman–Crippen LogP) is 1.83. The molecule has 0 N–H and O–H groups in total. The average molecular weight is 350 g/mol. The third-order valence-corrected chi connectivity index (χ3v) is 3.96. The maximum absolute atomic E-state index is 12.5. The van der Waals surface area contributed by atoms with Gasteiger partial charge in [-0.1, -0.05) is 26.0 Å². The number of hydrogen-bond acceptors (Lipinski definition) is 5. The second kappa shape index (κ2) is 10.7. The van der Waals surface area contributed by atoms with Crippen LogP contribution in [-0.2, 0) is 20.7 Å².